The number of rotatable bonds is 3. The molecular formula is C14H13N5O. The smallest absolute Gasteiger partial charge is 0.259 e. The monoisotopic (exact) mass is 267 g/mol. The summed E-state index contributed by atoms with van der Waals surface area (Å²) in [4.78, 5) is 12.0. The van der Waals surface area contributed by atoms with Crippen LogP contribution in [0.2, 0.25) is 0 Å². The molecular weight excluding hydrogens is 254 g/mol. The Morgan fingerprint density at radius 1 is 1.30 bits per heavy atom. The minimum absolute atomic E-state index is 0.178. The molecule has 2 N–H and O–H groups in total. The lowest BCUT2D eigenvalue weighted by Gasteiger charge is -2.06. The Labute approximate surface area is 115 Å². The molecule has 100 valence electrons. The van der Waals surface area contributed by atoms with Gasteiger partial charge in [0.25, 0.3) is 5.91 Å². The predicted octanol–water partition coefficient (Wildman–Crippen LogP) is 2.16. The first-order valence-electron chi connectivity index (χ1n) is 6.15. The Bertz CT molecular complexity index is 712. The standard InChI is InChI=1S/C14H13N5O/c1-10-13(9-15-18-10)14(20)17-11-3-5-12(6-4-11)19-8-2-7-16-19/h2-9H,1H3,(H,15,18)(H,17,20). The number of carbonyl (C=O) groups excluding carboxylic acids is 1. The third-order valence-electron chi connectivity index (χ3n) is 2.97. The van der Waals surface area contributed by atoms with E-state index < -0.39 is 0 Å². The molecule has 0 atom stereocenters. The van der Waals surface area contributed by atoms with Crippen molar-refractivity contribution in [3.63, 3.8) is 0 Å². The largest absolute Gasteiger partial charge is 0.322 e. The van der Waals surface area contributed by atoms with Gasteiger partial charge in [0.15, 0.2) is 0 Å². The molecule has 0 radical (unpaired) electrons. The van der Waals surface area contributed by atoms with E-state index in [0.29, 0.717) is 5.56 Å². The molecule has 0 aliphatic carbocycles. The van der Waals surface area contributed by atoms with Crippen LogP contribution in [0.5, 0.6) is 0 Å². The number of anilines is 1. The highest BCUT2D eigenvalue weighted by molar-refractivity contribution is 6.04. The van der Waals surface area contributed by atoms with Crippen LogP contribution >= 0.6 is 0 Å². The normalized spacial score (nSPS) is 10.4. The molecule has 0 unspecified atom stereocenters. The molecule has 0 fully saturated rings. The molecule has 0 aliphatic heterocycles. The van der Waals surface area contributed by atoms with Crippen molar-refractivity contribution in [2.24, 2.45) is 0 Å². The molecule has 6 heteroatoms. The number of aryl methyl sites for hydroxylation is 1. The Morgan fingerprint density at radius 2 is 2.10 bits per heavy atom. The van der Waals surface area contributed by atoms with Gasteiger partial charge in [-0.05, 0) is 37.3 Å². The van der Waals surface area contributed by atoms with Gasteiger partial charge in [0, 0.05) is 23.8 Å². The summed E-state index contributed by atoms with van der Waals surface area (Å²) in [6.45, 7) is 1.81. The van der Waals surface area contributed by atoms with E-state index in [2.05, 4.69) is 20.6 Å². The fraction of sp³-hybridized carbons (Fsp3) is 0.0714. The minimum atomic E-state index is -0.178. The second-order valence-corrected chi connectivity index (χ2v) is 4.36. The Morgan fingerprint density at radius 3 is 2.70 bits per heavy atom. The molecule has 3 aromatic rings. The maximum atomic E-state index is 12.0. The summed E-state index contributed by atoms with van der Waals surface area (Å²) in [7, 11) is 0. The lowest BCUT2D eigenvalue weighted by atomic mass is 10.2. The quantitative estimate of drug-likeness (QED) is 0.763. The van der Waals surface area contributed by atoms with E-state index in [1.807, 2.05) is 43.5 Å². The van der Waals surface area contributed by atoms with Gasteiger partial charge in [-0.3, -0.25) is 9.89 Å². The molecule has 0 aliphatic rings. The van der Waals surface area contributed by atoms with Crippen molar-refractivity contribution < 1.29 is 4.79 Å². The Hall–Kier alpha value is -2.89. The third-order valence-corrected chi connectivity index (χ3v) is 2.97. The van der Waals surface area contributed by atoms with Crippen LogP contribution in [0.3, 0.4) is 0 Å². The zero-order chi connectivity index (χ0) is 13.9. The van der Waals surface area contributed by atoms with Gasteiger partial charge in [0.05, 0.1) is 17.4 Å². The van der Waals surface area contributed by atoms with Crippen molar-refractivity contribution in [2.45, 2.75) is 6.92 Å². The molecule has 1 aromatic carbocycles. The fourth-order valence-electron chi connectivity index (χ4n) is 1.90. The number of hydrogen-bond acceptors (Lipinski definition) is 3. The fourth-order valence-corrected chi connectivity index (χ4v) is 1.90. The van der Waals surface area contributed by atoms with E-state index in [4.69, 9.17) is 0 Å². The van der Waals surface area contributed by atoms with Gasteiger partial charge in [0.1, 0.15) is 0 Å². The minimum Gasteiger partial charge on any atom is -0.322 e. The van der Waals surface area contributed by atoms with Crippen LogP contribution in [0.4, 0.5) is 5.69 Å². The lowest BCUT2D eigenvalue weighted by molar-refractivity contribution is 0.102. The SMILES string of the molecule is Cc1[nH]ncc1C(=O)Nc1ccc(-n2cccn2)cc1. The highest BCUT2D eigenvalue weighted by Gasteiger charge is 2.10. The van der Waals surface area contributed by atoms with E-state index in [9.17, 15) is 4.79 Å². The van der Waals surface area contributed by atoms with Crippen LogP contribution in [0.1, 0.15) is 16.1 Å². The number of nitrogens with zero attached hydrogens (tertiary/aromatic N) is 3. The highest BCUT2D eigenvalue weighted by Crippen LogP contribution is 2.14. The van der Waals surface area contributed by atoms with E-state index in [0.717, 1.165) is 17.1 Å². The van der Waals surface area contributed by atoms with Gasteiger partial charge in [0.2, 0.25) is 0 Å². The number of aromatic amines is 1. The summed E-state index contributed by atoms with van der Waals surface area (Å²) in [5.41, 5.74) is 2.95. The number of aromatic nitrogens is 4. The van der Waals surface area contributed by atoms with Gasteiger partial charge in [-0.1, -0.05) is 0 Å². The summed E-state index contributed by atoms with van der Waals surface area (Å²) < 4.78 is 1.76. The van der Waals surface area contributed by atoms with Crippen molar-refractivity contribution in [3.8, 4) is 5.69 Å². The third kappa shape index (κ3) is 2.31. The number of hydrogen-bond donors (Lipinski definition) is 2. The summed E-state index contributed by atoms with van der Waals surface area (Å²) >= 11 is 0. The second-order valence-electron chi connectivity index (χ2n) is 4.36. The second kappa shape index (κ2) is 5.00. The van der Waals surface area contributed by atoms with E-state index in [-0.39, 0.29) is 5.91 Å². The summed E-state index contributed by atoms with van der Waals surface area (Å²) in [6.07, 6.45) is 5.10. The van der Waals surface area contributed by atoms with Crippen molar-refractivity contribution in [3.05, 3.63) is 60.2 Å². The highest BCUT2D eigenvalue weighted by atomic mass is 16.1. The number of carbonyl (C=O) groups is 1. The van der Waals surface area contributed by atoms with Gasteiger partial charge < -0.3 is 5.32 Å². The summed E-state index contributed by atoms with van der Waals surface area (Å²) in [6, 6.07) is 9.32. The van der Waals surface area contributed by atoms with Crippen LogP contribution < -0.4 is 5.32 Å². The molecule has 3 rings (SSSR count). The first kappa shape index (κ1) is 12.2. The predicted molar refractivity (Wildman–Crippen MR) is 74.8 cm³/mol. The molecule has 2 aromatic heterocycles. The van der Waals surface area contributed by atoms with Crippen molar-refractivity contribution >= 4 is 11.6 Å². The molecule has 0 saturated carbocycles. The molecule has 0 saturated heterocycles. The maximum absolute atomic E-state index is 12.0. The van der Waals surface area contributed by atoms with Crippen LogP contribution in [-0.4, -0.2) is 25.9 Å². The Balaban J connectivity index is 1.76. The van der Waals surface area contributed by atoms with Crippen molar-refractivity contribution in [1.82, 2.24) is 20.0 Å². The molecule has 6 nitrogen and oxygen atoms in total. The van der Waals surface area contributed by atoms with Crippen molar-refractivity contribution in [2.75, 3.05) is 5.32 Å². The zero-order valence-electron chi connectivity index (χ0n) is 10.9. The number of H-pyrrole nitrogens is 1. The van der Waals surface area contributed by atoms with E-state index >= 15 is 0 Å². The summed E-state index contributed by atoms with van der Waals surface area (Å²) in [5, 5.41) is 13.6. The first-order chi connectivity index (χ1) is 9.74. The van der Waals surface area contributed by atoms with Crippen LogP contribution in [0.25, 0.3) is 5.69 Å². The zero-order valence-corrected chi connectivity index (χ0v) is 10.9. The summed E-state index contributed by atoms with van der Waals surface area (Å²) in [5.74, 6) is -0.178. The average molecular weight is 267 g/mol. The van der Waals surface area contributed by atoms with E-state index in [1.165, 1.54) is 6.20 Å². The Kier molecular flexibility index (Phi) is 3.04. The number of nitrogens with one attached hydrogen (secondary N) is 2. The number of benzene rings is 1. The van der Waals surface area contributed by atoms with Gasteiger partial charge >= 0.3 is 0 Å². The van der Waals surface area contributed by atoms with Gasteiger partial charge in [-0.25, -0.2) is 4.68 Å². The topological polar surface area (TPSA) is 75.6 Å². The van der Waals surface area contributed by atoms with Crippen LogP contribution in [0.15, 0.2) is 48.9 Å². The average Bonchev–Trinajstić information content (AvgIpc) is 3.10. The maximum Gasteiger partial charge on any atom is 0.259 e. The van der Waals surface area contributed by atoms with Gasteiger partial charge in [-0.2, -0.15) is 10.2 Å². The first-order valence-corrected chi connectivity index (χ1v) is 6.15. The van der Waals surface area contributed by atoms with Gasteiger partial charge in [-0.15, -0.1) is 0 Å². The molecule has 0 bridgehead atoms. The lowest BCUT2D eigenvalue weighted by Crippen LogP contribution is -2.12. The van der Waals surface area contributed by atoms with E-state index in [1.54, 1.807) is 10.9 Å². The van der Waals surface area contributed by atoms with Crippen LogP contribution in [-0.2, 0) is 0 Å². The number of amides is 1. The van der Waals surface area contributed by atoms with Crippen LogP contribution in [0, 0.1) is 6.92 Å². The molecule has 2 heterocycles. The molecule has 0 spiro atoms. The molecule has 20 heavy (non-hydrogen) atoms. The molecule has 1 amide bonds. The van der Waals surface area contributed by atoms with Crippen molar-refractivity contribution in [1.29, 1.82) is 0 Å².